The third kappa shape index (κ3) is 3.46. The number of aromatic nitrogens is 3. The van der Waals surface area contributed by atoms with Crippen LogP contribution in [-0.4, -0.2) is 20.3 Å². The van der Waals surface area contributed by atoms with Crippen LogP contribution < -0.4 is 5.73 Å². The molecule has 3 rings (SSSR count). The topological polar surface area (TPSA) is 56.7 Å². The zero-order valence-corrected chi connectivity index (χ0v) is 15.3. The lowest BCUT2D eigenvalue weighted by atomic mass is 10.2. The molecule has 0 saturated heterocycles. The molecule has 0 unspecified atom stereocenters. The van der Waals surface area contributed by atoms with Gasteiger partial charge in [0.2, 0.25) is 0 Å². The Hall–Kier alpha value is -2.15. The highest BCUT2D eigenvalue weighted by molar-refractivity contribution is 7.99. The normalized spacial score (nSPS) is 11.4. The van der Waals surface area contributed by atoms with E-state index in [0.717, 1.165) is 52.9 Å². The molecule has 7 heteroatoms. The fourth-order valence-corrected chi connectivity index (χ4v) is 3.74. The van der Waals surface area contributed by atoms with E-state index in [1.807, 2.05) is 20.8 Å². The van der Waals surface area contributed by atoms with E-state index in [-0.39, 0.29) is 0 Å². The van der Waals surface area contributed by atoms with Gasteiger partial charge in [-0.3, -0.25) is 0 Å². The highest BCUT2D eigenvalue weighted by Gasteiger charge is 2.15. The molecule has 0 aliphatic heterocycles. The fraction of sp³-hybridized carbons (Fsp3) is 0.333. The van der Waals surface area contributed by atoms with Crippen LogP contribution in [0.15, 0.2) is 23.1 Å². The summed E-state index contributed by atoms with van der Waals surface area (Å²) in [6.45, 7) is 6.65. The zero-order chi connectivity index (χ0) is 18.1. The van der Waals surface area contributed by atoms with Gasteiger partial charge in [0.05, 0.1) is 5.52 Å². The summed E-state index contributed by atoms with van der Waals surface area (Å²) in [5.41, 5.74) is 9.72. The number of fused-ring (bicyclic) bond motifs is 1. The van der Waals surface area contributed by atoms with Crippen molar-refractivity contribution in [1.82, 2.24) is 14.5 Å². The Kier molecular flexibility index (Phi) is 4.94. The first-order chi connectivity index (χ1) is 11.9. The van der Waals surface area contributed by atoms with Gasteiger partial charge in [-0.05, 0) is 50.6 Å². The van der Waals surface area contributed by atoms with Gasteiger partial charge in [0.25, 0.3) is 0 Å². The summed E-state index contributed by atoms with van der Waals surface area (Å²) in [4.78, 5) is 9.34. The van der Waals surface area contributed by atoms with Crippen molar-refractivity contribution in [2.45, 2.75) is 38.6 Å². The lowest BCUT2D eigenvalue weighted by Crippen LogP contribution is -2.04. The van der Waals surface area contributed by atoms with E-state index in [0.29, 0.717) is 10.7 Å². The van der Waals surface area contributed by atoms with Gasteiger partial charge in [0.15, 0.2) is 5.82 Å². The summed E-state index contributed by atoms with van der Waals surface area (Å²) in [7, 11) is 0. The van der Waals surface area contributed by atoms with E-state index in [1.165, 1.54) is 23.9 Å². The lowest BCUT2D eigenvalue weighted by molar-refractivity contribution is 0.565. The van der Waals surface area contributed by atoms with Gasteiger partial charge >= 0.3 is 0 Å². The van der Waals surface area contributed by atoms with Gasteiger partial charge < -0.3 is 10.3 Å². The third-order valence-corrected chi connectivity index (χ3v) is 5.40. The second-order valence-electron chi connectivity index (χ2n) is 5.99. The van der Waals surface area contributed by atoms with Crippen molar-refractivity contribution >= 4 is 28.6 Å². The minimum absolute atomic E-state index is 0.447. The summed E-state index contributed by atoms with van der Waals surface area (Å²) >= 11 is 1.39. The summed E-state index contributed by atoms with van der Waals surface area (Å²) in [5, 5.41) is 0. The molecule has 3 aromatic rings. The van der Waals surface area contributed by atoms with Crippen LogP contribution in [0.5, 0.6) is 0 Å². The number of hydrogen-bond acceptors (Lipinski definition) is 4. The van der Waals surface area contributed by atoms with Crippen molar-refractivity contribution in [2.75, 3.05) is 11.5 Å². The van der Waals surface area contributed by atoms with Gasteiger partial charge in [-0.2, -0.15) is 0 Å². The maximum Gasteiger partial charge on any atom is 0.151 e. The smallest absolute Gasteiger partial charge is 0.151 e. The summed E-state index contributed by atoms with van der Waals surface area (Å²) in [6, 6.07) is 3.67. The van der Waals surface area contributed by atoms with Crippen LogP contribution in [-0.2, 0) is 6.54 Å². The number of nitrogens with zero attached hydrogens (tertiary/aromatic N) is 3. The Morgan fingerprint density at radius 2 is 1.92 bits per heavy atom. The highest BCUT2D eigenvalue weighted by Crippen LogP contribution is 2.27. The molecule has 4 nitrogen and oxygen atoms in total. The Labute approximate surface area is 149 Å². The average molecular weight is 362 g/mol. The first kappa shape index (κ1) is 17.7. The lowest BCUT2D eigenvalue weighted by Gasteiger charge is -2.10. The van der Waals surface area contributed by atoms with Crippen LogP contribution in [0.2, 0.25) is 0 Å². The number of anilines is 1. The van der Waals surface area contributed by atoms with Gasteiger partial charge in [0.1, 0.15) is 23.0 Å². The predicted molar refractivity (Wildman–Crippen MR) is 97.9 cm³/mol. The number of aryl methyl sites for hydroxylation is 4. The molecule has 2 heterocycles. The van der Waals surface area contributed by atoms with Gasteiger partial charge in [-0.25, -0.2) is 18.7 Å². The molecule has 2 N–H and O–H groups in total. The quantitative estimate of drug-likeness (QED) is 0.540. The Morgan fingerprint density at radius 3 is 2.64 bits per heavy atom. The molecule has 0 aliphatic rings. The monoisotopic (exact) mass is 362 g/mol. The summed E-state index contributed by atoms with van der Waals surface area (Å²) < 4.78 is 28.7. The molecule has 0 bridgehead atoms. The molecule has 25 heavy (non-hydrogen) atoms. The summed E-state index contributed by atoms with van der Waals surface area (Å²) in [5.74, 6) is 0.983. The van der Waals surface area contributed by atoms with Crippen molar-refractivity contribution in [3.8, 4) is 0 Å². The Morgan fingerprint density at radius 1 is 1.16 bits per heavy atom. The second kappa shape index (κ2) is 7.00. The van der Waals surface area contributed by atoms with Crippen molar-refractivity contribution < 1.29 is 8.78 Å². The number of halogens is 2. The minimum Gasteiger partial charge on any atom is -0.382 e. The average Bonchev–Trinajstić information content (AvgIpc) is 2.88. The number of hydrogen-bond donors (Lipinski definition) is 1. The molecular weight excluding hydrogens is 342 g/mol. The van der Waals surface area contributed by atoms with E-state index >= 15 is 0 Å². The predicted octanol–water partition coefficient (Wildman–Crippen LogP) is 4.40. The first-order valence-electron chi connectivity index (χ1n) is 8.06. The minimum atomic E-state index is -0.556. The van der Waals surface area contributed by atoms with Crippen LogP contribution >= 0.6 is 11.8 Å². The third-order valence-electron chi connectivity index (χ3n) is 4.26. The molecule has 0 radical (unpaired) electrons. The van der Waals surface area contributed by atoms with Crippen molar-refractivity contribution in [3.05, 3.63) is 46.9 Å². The molecule has 0 atom stereocenters. The van der Waals surface area contributed by atoms with Crippen LogP contribution in [0, 0.1) is 32.4 Å². The van der Waals surface area contributed by atoms with Crippen molar-refractivity contribution in [1.29, 1.82) is 0 Å². The van der Waals surface area contributed by atoms with Crippen LogP contribution in [0.4, 0.5) is 14.6 Å². The highest BCUT2D eigenvalue weighted by atomic mass is 32.2. The number of rotatable bonds is 5. The molecule has 0 fully saturated rings. The molecule has 0 spiro atoms. The van der Waals surface area contributed by atoms with Crippen molar-refractivity contribution in [3.63, 3.8) is 0 Å². The number of benzene rings is 1. The van der Waals surface area contributed by atoms with Crippen molar-refractivity contribution in [2.24, 2.45) is 0 Å². The van der Waals surface area contributed by atoms with Crippen LogP contribution in [0.25, 0.3) is 11.0 Å². The number of nitrogens with two attached hydrogens (primary N) is 1. The standard InChI is InChI=1S/C18H20F2N4S/c1-10-11(2)22-18(21)16-17(10)24(12(3)23-16)7-4-8-25-15-6-5-13(19)9-14(15)20/h5-6,9H,4,7-8H2,1-3H3,(H2,21,22). The van der Waals surface area contributed by atoms with Gasteiger partial charge in [0, 0.05) is 23.2 Å². The fourth-order valence-electron chi connectivity index (χ4n) is 2.88. The number of imidazole rings is 1. The van der Waals surface area contributed by atoms with E-state index < -0.39 is 11.6 Å². The molecule has 2 aromatic heterocycles. The largest absolute Gasteiger partial charge is 0.382 e. The van der Waals surface area contributed by atoms with E-state index in [4.69, 9.17) is 5.73 Å². The van der Waals surface area contributed by atoms with Crippen LogP contribution in [0.3, 0.4) is 0 Å². The summed E-state index contributed by atoms with van der Waals surface area (Å²) in [6.07, 6.45) is 0.828. The molecule has 0 aliphatic carbocycles. The first-order valence-corrected chi connectivity index (χ1v) is 9.04. The molecule has 132 valence electrons. The number of nitrogen functional groups attached to an aromatic ring is 1. The maximum absolute atomic E-state index is 13.7. The number of pyridine rings is 1. The zero-order valence-electron chi connectivity index (χ0n) is 14.4. The number of thioether (sulfide) groups is 1. The second-order valence-corrected chi connectivity index (χ2v) is 7.13. The SMILES string of the molecule is Cc1nc(N)c2nc(C)n(CCCSc3ccc(F)cc3F)c2c1C. The molecular formula is C18H20F2N4S. The molecule has 0 saturated carbocycles. The van der Waals surface area contributed by atoms with E-state index in [1.54, 1.807) is 0 Å². The van der Waals surface area contributed by atoms with E-state index in [2.05, 4.69) is 14.5 Å². The molecule has 0 amide bonds. The molecule has 1 aromatic carbocycles. The maximum atomic E-state index is 13.7. The Balaban J connectivity index is 1.74. The van der Waals surface area contributed by atoms with Crippen LogP contribution in [0.1, 0.15) is 23.5 Å². The van der Waals surface area contributed by atoms with Gasteiger partial charge in [-0.1, -0.05) is 0 Å². The van der Waals surface area contributed by atoms with Gasteiger partial charge in [-0.15, -0.1) is 11.8 Å². The van der Waals surface area contributed by atoms with E-state index in [9.17, 15) is 8.78 Å². The Bertz CT molecular complexity index is 937.